The van der Waals surface area contributed by atoms with Gasteiger partial charge in [-0.15, -0.1) is 12.4 Å². The van der Waals surface area contributed by atoms with E-state index in [2.05, 4.69) is 28.2 Å². The molecule has 3 nitrogen and oxygen atoms in total. The predicted molar refractivity (Wildman–Crippen MR) is 79.8 cm³/mol. The Labute approximate surface area is 126 Å². The van der Waals surface area contributed by atoms with Crippen LogP contribution in [0.5, 0.6) is 0 Å². The summed E-state index contributed by atoms with van der Waals surface area (Å²) in [4.78, 5) is 14.2. The molecule has 1 aliphatic heterocycles. The third-order valence-corrected chi connectivity index (χ3v) is 4.14. The van der Waals surface area contributed by atoms with Crippen LogP contribution in [0, 0.1) is 0 Å². The largest absolute Gasteiger partial charge is 0.333 e. The molecule has 0 spiro atoms. The molecular weight excluding hydrogens is 339 g/mol. The van der Waals surface area contributed by atoms with Crippen LogP contribution >= 0.6 is 39.9 Å². The standard InChI is InChI=1S/C12H14BrClN2O.ClH/c1-8-7-15-4-5-16(8)12(17)9-2-3-11(14)10(13)6-9;/h2-3,6,8,15H,4-5,7H2,1H3;1H. The number of hydrogen-bond donors (Lipinski definition) is 1. The fourth-order valence-corrected chi connectivity index (χ4v) is 2.43. The van der Waals surface area contributed by atoms with E-state index in [4.69, 9.17) is 11.6 Å². The zero-order valence-corrected chi connectivity index (χ0v) is 13.1. The van der Waals surface area contributed by atoms with E-state index in [9.17, 15) is 4.79 Å². The summed E-state index contributed by atoms with van der Waals surface area (Å²) in [7, 11) is 0. The lowest BCUT2D eigenvalue weighted by Gasteiger charge is -2.34. The Morgan fingerprint density at radius 3 is 2.89 bits per heavy atom. The van der Waals surface area contributed by atoms with Gasteiger partial charge in [0.2, 0.25) is 0 Å². The van der Waals surface area contributed by atoms with Gasteiger partial charge in [-0.2, -0.15) is 0 Å². The van der Waals surface area contributed by atoms with E-state index >= 15 is 0 Å². The maximum Gasteiger partial charge on any atom is 0.254 e. The monoisotopic (exact) mass is 352 g/mol. The van der Waals surface area contributed by atoms with Crippen LogP contribution in [0.2, 0.25) is 5.02 Å². The van der Waals surface area contributed by atoms with Crippen LogP contribution in [-0.2, 0) is 0 Å². The molecule has 1 N–H and O–H groups in total. The van der Waals surface area contributed by atoms with Gasteiger partial charge < -0.3 is 10.2 Å². The van der Waals surface area contributed by atoms with E-state index in [0.29, 0.717) is 10.6 Å². The molecule has 1 heterocycles. The number of hydrogen-bond acceptors (Lipinski definition) is 2. The van der Waals surface area contributed by atoms with Gasteiger partial charge in [-0.25, -0.2) is 0 Å². The third-order valence-electron chi connectivity index (χ3n) is 2.93. The van der Waals surface area contributed by atoms with E-state index in [1.54, 1.807) is 18.2 Å². The van der Waals surface area contributed by atoms with E-state index in [0.717, 1.165) is 24.1 Å². The first kappa shape index (κ1) is 15.8. The molecule has 1 saturated heterocycles. The Hall–Kier alpha value is -0.290. The summed E-state index contributed by atoms with van der Waals surface area (Å²) in [6.07, 6.45) is 0. The summed E-state index contributed by atoms with van der Waals surface area (Å²) in [5.41, 5.74) is 0.676. The van der Waals surface area contributed by atoms with Gasteiger partial charge in [0, 0.05) is 35.7 Å². The van der Waals surface area contributed by atoms with Crippen molar-refractivity contribution in [2.75, 3.05) is 19.6 Å². The lowest BCUT2D eigenvalue weighted by atomic mass is 10.1. The van der Waals surface area contributed by atoms with Crippen LogP contribution < -0.4 is 5.32 Å². The molecule has 1 aliphatic rings. The highest BCUT2D eigenvalue weighted by Gasteiger charge is 2.24. The highest BCUT2D eigenvalue weighted by atomic mass is 79.9. The molecule has 0 saturated carbocycles. The minimum absolute atomic E-state index is 0. The second-order valence-corrected chi connectivity index (χ2v) is 5.44. The SMILES string of the molecule is CC1CNCCN1C(=O)c1ccc(Cl)c(Br)c1.Cl. The molecule has 1 unspecified atom stereocenters. The number of rotatable bonds is 1. The number of benzene rings is 1. The number of amides is 1. The Balaban J connectivity index is 0.00000162. The normalized spacial score (nSPS) is 19.3. The molecule has 6 heteroatoms. The quantitative estimate of drug-likeness (QED) is 0.841. The smallest absolute Gasteiger partial charge is 0.254 e. The molecule has 0 aliphatic carbocycles. The van der Waals surface area contributed by atoms with E-state index in [-0.39, 0.29) is 24.4 Å². The zero-order chi connectivity index (χ0) is 12.4. The fraction of sp³-hybridized carbons (Fsp3) is 0.417. The molecule has 2 rings (SSSR count). The van der Waals surface area contributed by atoms with Crippen molar-refractivity contribution in [2.45, 2.75) is 13.0 Å². The van der Waals surface area contributed by atoms with Crippen LogP contribution in [0.15, 0.2) is 22.7 Å². The van der Waals surface area contributed by atoms with Crippen molar-refractivity contribution in [1.29, 1.82) is 0 Å². The molecular formula is C12H15BrCl2N2O. The Bertz CT molecular complexity index is 442. The maximum absolute atomic E-state index is 12.3. The second-order valence-electron chi connectivity index (χ2n) is 4.18. The molecule has 1 fully saturated rings. The summed E-state index contributed by atoms with van der Waals surface area (Å²) < 4.78 is 0.757. The van der Waals surface area contributed by atoms with Crippen molar-refractivity contribution in [3.05, 3.63) is 33.3 Å². The van der Waals surface area contributed by atoms with Gasteiger partial charge in [0.1, 0.15) is 0 Å². The molecule has 1 aromatic carbocycles. The minimum atomic E-state index is 0. The summed E-state index contributed by atoms with van der Waals surface area (Å²) in [5.74, 6) is 0.0661. The number of piperazine rings is 1. The zero-order valence-electron chi connectivity index (χ0n) is 9.95. The predicted octanol–water partition coefficient (Wildman–Crippen LogP) is 2.96. The van der Waals surface area contributed by atoms with Crippen molar-refractivity contribution < 1.29 is 4.79 Å². The van der Waals surface area contributed by atoms with Crippen LogP contribution in [0.3, 0.4) is 0 Å². The molecule has 1 atom stereocenters. The first-order chi connectivity index (χ1) is 8.09. The van der Waals surface area contributed by atoms with Crippen molar-refractivity contribution >= 4 is 45.8 Å². The van der Waals surface area contributed by atoms with Gasteiger partial charge in [-0.1, -0.05) is 11.6 Å². The molecule has 1 amide bonds. The van der Waals surface area contributed by atoms with Crippen LogP contribution in [0.1, 0.15) is 17.3 Å². The summed E-state index contributed by atoms with van der Waals surface area (Å²) in [5, 5.41) is 3.89. The number of halogens is 3. The number of carbonyl (C=O) groups is 1. The number of nitrogens with one attached hydrogen (secondary N) is 1. The van der Waals surface area contributed by atoms with Gasteiger partial charge in [0.15, 0.2) is 0 Å². The van der Waals surface area contributed by atoms with Crippen LogP contribution in [0.25, 0.3) is 0 Å². The first-order valence-electron chi connectivity index (χ1n) is 5.56. The number of nitrogens with zero attached hydrogens (tertiary/aromatic N) is 1. The van der Waals surface area contributed by atoms with E-state index in [1.165, 1.54) is 0 Å². The Morgan fingerprint density at radius 2 is 2.28 bits per heavy atom. The molecule has 0 bridgehead atoms. The minimum Gasteiger partial charge on any atom is -0.333 e. The molecule has 1 aromatic rings. The van der Waals surface area contributed by atoms with Gasteiger partial charge in [-0.05, 0) is 41.1 Å². The van der Waals surface area contributed by atoms with Crippen molar-refractivity contribution in [3.63, 3.8) is 0 Å². The Morgan fingerprint density at radius 1 is 1.56 bits per heavy atom. The van der Waals surface area contributed by atoms with Crippen LogP contribution in [0.4, 0.5) is 0 Å². The fourth-order valence-electron chi connectivity index (χ4n) is 1.94. The van der Waals surface area contributed by atoms with E-state index in [1.807, 2.05) is 4.90 Å². The lowest BCUT2D eigenvalue weighted by molar-refractivity contribution is 0.0655. The van der Waals surface area contributed by atoms with Crippen LogP contribution in [-0.4, -0.2) is 36.5 Å². The summed E-state index contributed by atoms with van der Waals surface area (Å²) in [6.45, 7) is 4.50. The third kappa shape index (κ3) is 3.38. The van der Waals surface area contributed by atoms with Gasteiger partial charge in [0.25, 0.3) is 5.91 Å². The van der Waals surface area contributed by atoms with Crippen molar-refractivity contribution in [2.24, 2.45) is 0 Å². The van der Waals surface area contributed by atoms with Gasteiger partial charge >= 0.3 is 0 Å². The highest BCUT2D eigenvalue weighted by Crippen LogP contribution is 2.24. The van der Waals surface area contributed by atoms with Crippen molar-refractivity contribution in [1.82, 2.24) is 10.2 Å². The topological polar surface area (TPSA) is 32.3 Å². The molecule has 0 radical (unpaired) electrons. The molecule has 100 valence electrons. The average Bonchev–Trinajstić information content (AvgIpc) is 2.32. The number of carbonyl (C=O) groups excluding carboxylic acids is 1. The Kier molecular flexibility index (Phi) is 5.92. The van der Waals surface area contributed by atoms with Crippen molar-refractivity contribution in [3.8, 4) is 0 Å². The molecule has 18 heavy (non-hydrogen) atoms. The summed E-state index contributed by atoms with van der Waals surface area (Å²) >= 11 is 9.26. The average molecular weight is 354 g/mol. The van der Waals surface area contributed by atoms with Gasteiger partial charge in [-0.3, -0.25) is 4.79 Å². The maximum atomic E-state index is 12.3. The molecule has 0 aromatic heterocycles. The first-order valence-corrected chi connectivity index (χ1v) is 6.73. The lowest BCUT2D eigenvalue weighted by Crippen LogP contribution is -2.52. The highest BCUT2D eigenvalue weighted by molar-refractivity contribution is 9.10. The second kappa shape index (κ2) is 6.75. The van der Waals surface area contributed by atoms with E-state index < -0.39 is 0 Å². The summed E-state index contributed by atoms with van der Waals surface area (Å²) in [6, 6.07) is 5.51. The van der Waals surface area contributed by atoms with Gasteiger partial charge in [0.05, 0.1) is 5.02 Å².